The molecule has 3 aromatic rings. The van der Waals surface area contributed by atoms with E-state index in [2.05, 4.69) is 35.0 Å². The van der Waals surface area contributed by atoms with E-state index < -0.39 is 11.8 Å². The second-order valence-electron chi connectivity index (χ2n) is 10.5. The first-order valence-electron chi connectivity index (χ1n) is 13.7. The third-order valence-electron chi connectivity index (χ3n) is 7.55. The molecule has 3 N–H and O–H groups in total. The standard InChI is InChI=1S/C32H33ClFN3O4/c1-20(37(18-26-13-14-40-26)30-16-23(32(38)39)10-12-28(30)35)15-21-5-7-22(8-6-21)29-3-2-4-31(36-29)41-19-24-9-11-25(33)17-27(24)34/h2-5,7-12,16-17,20-21,26H,6,13-15,18-19,35H2,1H3,(H,38,39)/t20?,21-,26-/m0/s1. The third-order valence-corrected chi connectivity index (χ3v) is 7.79. The molecule has 1 fully saturated rings. The van der Waals surface area contributed by atoms with Crippen molar-refractivity contribution in [2.45, 2.75) is 44.9 Å². The predicted molar refractivity (Wildman–Crippen MR) is 159 cm³/mol. The van der Waals surface area contributed by atoms with Gasteiger partial charge >= 0.3 is 5.97 Å². The normalized spacial score (nSPS) is 18.8. The zero-order chi connectivity index (χ0) is 28.9. The molecule has 0 amide bonds. The number of carbonyl (C=O) groups is 1. The summed E-state index contributed by atoms with van der Waals surface area (Å²) in [7, 11) is 0. The van der Waals surface area contributed by atoms with E-state index >= 15 is 0 Å². The highest BCUT2D eigenvalue weighted by Gasteiger charge is 2.28. The Morgan fingerprint density at radius 1 is 1.27 bits per heavy atom. The molecule has 2 heterocycles. The molecule has 5 rings (SSSR count). The number of aromatic carboxylic acids is 1. The van der Waals surface area contributed by atoms with Crippen LogP contribution in [0.2, 0.25) is 5.02 Å². The maximum atomic E-state index is 14.1. The summed E-state index contributed by atoms with van der Waals surface area (Å²) in [6.45, 7) is 3.60. The Morgan fingerprint density at radius 2 is 2.10 bits per heavy atom. The van der Waals surface area contributed by atoms with Crippen LogP contribution in [0.15, 0.2) is 72.8 Å². The van der Waals surface area contributed by atoms with Gasteiger partial charge in [-0.3, -0.25) is 0 Å². The number of halogens is 2. The number of nitrogens with two attached hydrogens (primary N) is 1. The maximum Gasteiger partial charge on any atom is 0.335 e. The van der Waals surface area contributed by atoms with Crippen molar-refractivity contribution in [2.24, 2.45) is 5.92 Å². The van der Waals surface area contributed by atoms with E-state index in [9.17, 15) is 14.3 Å². The van der Waals surface area contributed by atoms with Crippen LogP contribution in [0, 0.1) is 11.7 Å². The zero-order valence-electron chi connectivity index (χ0n) is 22.8. The average Bonchev–Trinajstić information content (AvgIpc) is 2.93. The van der Waals surface area contributed by atoms with Crippen LogP contribution in [-0.2, 0) is 11.3 Å². The van der Waals surface area contributed by atoms with Crippen LogP contribution in [0.1, 0.15) is 47.8 Å². The monoisotopic (exact) mass is 577 g/mol. The molecular weight excluding hydrogens is 545 g/mol. The molecule has 2 aromatic carbocycles. The molecule has 7 nitrogen and oxygen atoms in total. The van der Waals surface area contributed by atoms with Crippen LogP contribution >= 0.6 is 11.6 Å². The van der Waals surface area contributed by atoms with Crippen molar-refractivity contribution < 1.29 is 23.8 Å². The smallest absolute Gasteiger partial charge is 0.335 e. The molecule has 1 unspecified atom stereocenters. The summed E-state index contributed by atoms with van der Waals surface area (Å²) in [6, 6.07) is 15.0. The Hall–Kier alpha value is -3.88. The number of benzene rings is 2. The van der Waals surface area contributed by atoms with Crippen LogP contribution in [0.3, 0.4) is 0 Å². The molecule has 1 saturated heterocycles. The number of carboxylic acids is 1. The Balaban J connectivity index is 1.23. The molecule has 0 saturated carbocycles. The van der Waals surface area contributed by atoms with Crippen LogP contribution in [0.4, 0.5) is 15.8 Å². The second kappa shape index (κ2) is 12.7. The first-order chi connectivity index (χ1) is 19.8. The first kappa shape index (κ1) is 28.6. The molecular formula is C32H33ClFN3O4. The number of aromatic nitrogens is 1. The quantitative estimate of drug-likeness (QED) is 0.243. The van der Waals surface area contributed by atoms with E-state index in [-0.39, 0.29) is 30.2 Å². The Labute approximate surface area is 244 Å². The van der Waals surface area contributed by atoms with Crippen molar-refractivity contribution in [3.63, 3.8) is 0 Å². The van der Waals surface area contributed by atoms with Gasteiger partial charge in [-0.25, -0.2) is 14.2 Å². The van der Waals surface area contributed by atoms with Gasteiger partial charge < -0.3 is 25.2 Å². The van der Waals surface area contributed by atoms with E-state index in [0.29, 0.717) is 28.7 Å². The highest BCUT2D eigenvalue weighted by molar-refractivity contribution is 6.30. The van der Waals surface area contributed by atoms with Crippen molar-refractivity contribution in [1.82, 2.24) is 4.98 Å². The van der Waals surface area contributed by atoms with Gasteiger partial charge in [0.15, 0.2) is 0 Å². The van der Waals surface area contributed by atoms with Crippen LogP contribution in [-0.4, -0.2) is 41.4 Å². The molecule has 214 valence electrons. The second-order valence-corrected chi connectivity index (χ2v) is 10.9. The average molecular weight is 578 g/mol. The van der Waals surface area contributed by atoms with Crippen molar-refractivity contribution in [3.05, 3.63) is 100 Å². The number of hydrogen-bond acceptors (Lipinski definition) is 6. The van der Waals surface area contributed by atoms with Gasteiger partial charge in [0.05, 0.1) is 28.7 Å². The molecule has 1 aliphatic heterocycles. The Kier molecular flexibility index (Phi) is 8.90. The molecule has 0 radical (unpaired) electrons. The third kappa shape index (κ3) is 7.07. The highest BCUT2D eigenvalue weighted by Crippen LogP contribution is 2.33. The van der Waals surface area contributed by atoms with Crippen molar-refractivity contribution in [2.75, 3.05) is 23.8 Å². The molecule has 9 heteroatoms. The number of pyridine rings is 1. The number of nitrogens with zero attached hydrogens (tertiary/aromatic N) is 2. The van der Waals surface area contributed by atoms with Gasteiger partial charge in [-0.1, -0.05) is 42.0 Å². The van der Waals surface area contributed by atoms with Gasteiger partial charge in [0.25, 0.3) is 0 Å². The minimum Gasteiger partial charge on any atom is -0.478 e. The molecule has 41 heavy (non-hydrogen) atoms. The van der Waals surface area contributed by atoms with Crippen molar-refractivity contribution in [3.8, 4) is 5.88 Å². The van der Waals surface area contributed by atoms with Gasteiger partial charge in [-0.05, 0) is 74.1 Å². The minimum absolute atomic E-state index is 0.0522. The number of allylic oxidation sites excluding steroid dienone is 4. The van der Waals surface area contributed by atoms with Gasteiger partial charge in [0.1, 0.15) is 12.4 Å². The lowest BCUT2D eigenvalue weighted by Crippen LogP contribution is -2.45. The Bertz CT molecular complexity index is 1470. The van der Waals surface area contributed by atoms with E-state index in [1.54, 1.807) is 30.3 Å². The molecule has 3 atom stereocenters. The summed E-state index contributed by atoms with van der Waals surface area (Å²) < 4.78 is 25.6. The highest BCUT2D eigenvalue weighted by atomic mass is 35.5. The number of hydrogen-bond donors (Lipinski definition) is 2. The fraction of sp³-hybridized carbons (Fsp3) is 0.312. The van der Waals surface area contributed by atoms with E-state index in [4.69, 9.17) is 26.8 Å². The van der Waals surface area contributed by atoms with E-state index in [0.717, 1.165) is 42.8 Å². The summed E-state index contributed by atoms with van der Waals surface area (Å²) in [6.07, 6.45) is 9.20. The number of rotatable bonds is 11. The lowest BCUT2D eigenvalue weighted by molar-refractivity contribution is -0.0453. The summed E-state index contributed by atoms with van der Waals surface area (Å²) in [5.41, 5.74) is 9.99. The molecule has 1 aliphatic carbocycles. The molecule has 2 aliphatic rings. The summed E-state index contributed by atoms with van der Waals surface area (Å²) in [4.78, 5) is 18.4. The minimum atomic E-state index is -0.980. The maximum absolute atomic E-state index is 14.1. The summed E-state index contributed by atoms with van der Waals surface area (Å²) in [5, 5.41) is 9.87. The topological polar surface area (TPSA) is 97.9 Å². The summed E-state index contributed by atoms with van der Waals surface area (Å²) in [5.74, 6) is -0.693. The molecule has 0 bridgehead atoms. The molecule has 1 aromatic heterocycles. The fourth-order valence-corrected chi connectivity index (χ4v) is 5.29. The van der Waals surface area contributed by atoms with Gasteiger partial charge in [0, 0.05) is 35.8 Å². The lowest BCUT2D eigenvalue weighted by Gasteiger charge is -2.39. The largest absolute Gasteiger partial charge is 0.478 e. The van der Waals surface area contributed by atoms with Crippen molar-refractivity contribution >= 4 is 34.5 Å². The van der Waals surface area contributed by atoms with E-state index in [1.807, 2.05) is 12.1 Å². The van der Waals surface area contributed by atoms with Gasteiger partial charge in [-0.15, -0.1) is 0 Å². The van der Waals surface area contributed by atoms with Crippen LogP contribution < -0.4 is 15.4 Å². The van der Waals surface area contributed by atoms with Gasteiger partial charge in [-0.2, -0.15) is 0 Å². The van der Waals surface area contributed by atoms with Crippen LogP contribution in [0.5, 0.6) is 5.88 Å². The Morgan fingerprint density at radius 3 is 2.78 bits per heavy atom. The summed E-state index contributed by atoms with van der Waals surface area (Å²) >= 11 is 5.84. The van der Waals surface area contributed by atoms with E-state index in [1.165, 1.54) is 12.1 Å². The lowest BCUT2D eigenvalue weighted by atomic mass is 9.89. The van der Waals surface area contributed by atoms with Crippen molar-refractivity contribution in [1.29, 1.82) is 0 Å². The predicted octanol–water partition coefficient (Wildman–Crippen LogP) is 6.77. The van der Waals surface area contributed by atoms with Crippen LogP contribution in [0.25, 0.3) is 5.57 Å². The number of ether oxygens (including phenoxy) is 2. The zero-order valence-corrected chi connectivity index (χ0v) is 23.6. The number of nitrogen functional groups attached to an aromatic ring is 1. The first-order valence-corrected chi connectivity index (χ1v) is 14.1. The SMILES string of the molecule is CC(C[C@H]1C=CC(c2cccc(OCc3ccc(Cl)cc3F)n2)=CC1)N(C[C@@H]1CCO1)c1cc(C(=O)O)ccc1N. The van der Waals surface area contributed by atoms with Gasteiger partial charge in [0.2, 0.25) is 5.88 Å². The molecule has 0 spiro atoms. The fourth-order valence-electron chi connectivity index (χ4n) is 5.13. The number of anilines is 2. The number of carboxylic acid groups (broad SMARTS) is 1.